The maximum Gasteiger partial charge on any atom is 0.0886 e. The molecule has 1 N–H and O–H groups in total. The Morgan fingerprint density at radius 1 is 1.11 bits per heavy atom. The van der Waals surface area contributed by atoms with Crippen LogP contribution in [0.2, 0.25) is 0 Å². The highest BCUT2D eigenvalue weighted by Crippen LogP contribution is 2.08. The molecule has 0 fully saturated rings. The van der Waals surface area contributed by atoms with Gasteiger partial charge >= 0.3 is 0 Å². The van der Waals surface area contributed by atoms with Crippen LogP contribution in [0, 0.1) is 0 Å². The minimum absolute atomic E-state index is 0.555. The van der Waals surface area contributed by atoms with Crippen LogP contribution >= 0.6 is 0 Å². The molecule has 0 aromatic rings. The van der Waals surface area contributed by atoms with Crippen molar-refractivity contribution in [2.75, 3.05) is 0 Å². The maximum atomic E-state index is 9.04. The Bertz CT molecular complexity index is 134. The van der Waals surface area contributed by atoms with Gasteiger partial charge in [-0.1, -0.05) is 12.2 Å². The van der Waals surface area contributed by atoms with Gasteiger partial charge in [0.2, 0.25) is 0 Å². The second-order valence-corrected chi connectivity index (χ2v) is 2.28. The molecule has 0 amide bonds. The van der Waals surface area contributed by atoms with E-state index < -0.39 is 0 Å². The zero-order chi connectivity index (χ0) is 6.53. The van der Waals surface area contributed by atoms with Gasteiger partial charge in [0, 0.05) is 6.42 Å². The summed E-state index contributed by atoms with van der Waals surface area (Å²) in [7, 11) is 0. The summed E-state index contributed by atoms with van der Waals surface area (Å²) < 4.78 is 0. The molecule has 0 unspecified atom stereocenters. The first-order chi connectivity index (χ1) is 4.39. The van der Waals surface area contributed by atoms with E-state index in [1.54, 1.807) is 0 Å². The van der Waals surface area contributed by atoms with Crippen LogP contribution in [0.25, 0.3) is 0 Å². The minimum Gasteiger partial charge on any atom is -0.513 e. The standard InChI is InChI=1S/C8H12O/c9-8-6-4-2-1-3-5-7-8/h1-2,7,9H,3-6H2. The molecule has 1 nitrogen and oxygen atoms in total. The zero-order valence-electron chi connectivity index (χ0n) is 5.51. The van der Waals surface area contributed by atoms with Crippen molar-refractivity contribution in [1.29, 1.82) is 0 Å². The van der Waals surface area contributed by atoms with Gasteiger partial charge in [-0.2, -0.15) is 0 Å². The molecule has 0 heterocycles. The van der Waals surface area contributed by atoms with E-state index in [4.69, 9.17) is 5.11 Å². The molecule has 0 radical (unpaired) electrons. The number of aliphatic hydroxyl groups excluding tert-OH is 1. The van der Waals surface area contributed by atoms with Crippen molar-refractivity contribution in [3.05, 3.63) is 24.0 Å². The van der Waals surface area contributed by atoms with Crippen LogP contribution in [0.3, 0.4) is 0 Å². The predicted molar refractivity (Wildman–Crippen MR) is 38.3 cm³/mol. The lowest BCUT2D eigenvalue weighted by molar-refractivity contribution is 0.385. The first-order valence-electron chi connectivity index (χ1n) is 3.42. The normalized spacial score (nSPS) is 20.2. The Morgan fingerprint density at radius 3 is 2.78 bits per heavy atom. The van der Waals surface area contributed by atoms with Gasteiger partial charge in [0.05, 0.1) is 5.76 Å². The number of allylic oxidation sites excluding steroid dienone is 4. The molecular formula is C8H12O. The van der Waals surface area contributed by atoms with Crippen LogP contribution in [0.15, 0.2) is 24.0 Å². The van der Waals surface area contributed by atoms with Crippen LogP contribution < -0.4 is 0 Å². The summed E-state index contributed by atoms with van der Waals surface area (Å²) in [5, 5.41) is 9.04. The van der Waals surface area contributed by atoms with Crippen molar-refractivity contribution in [3.8, 4) is 0 Å². The van der Waals surface area contributed by atoms with Crippen molar-refractivity contribution in [2.45, 2.75) is 25.7 Å². The Kier molecular flexibility index (Phi) is 2.37. The summed E-state index contributed by atoms with van der Waals surface area (Å²) in [6.45, 7) is 0. The largest absolute Gasteiger partial charge is 0.513 e. The van der Waals surface area contributed by atoms with Crippen LogP contribution in [0.4, 0.5) is 0 Å². The minimum atomic E-state index is 0.555. The van der Waals surface area contributed by atoms with Gasteiger partial charge in [0.1, 0.15) is 0 Å². The topological polar surface area (TPSA) is 20.2 Å². The summed E-state index contributed by atoms with van der Waals surface area (Å²) in [5.74, 6) is 0.555. The molecule has 0 aliphatic heterocycles. The van der Waals surface area contributed by atoms with E-state index >= 15 is 0 Å². The third kappa shape index (κ3) is 2.36. The lowest BCUT2D eigenvalue weighted by Crippen LogP contribution is -1.83. The lowest BCUT2D eigenvalue weighted by atomic mass is 10.1. The highest BCUT2D eigenvalue weighted by atomic mass is 16.3. The van der Waals surface area contributed by atoms with Gasteiger partial charge < -0.3 is 5.11 Å². The van der Waals surface area contributed by atoms with Gasteiger partial charge in [-0.25, -0.2) is 0 Å². The third-order valence-corrected chi connectivity index (χ3v) is 1.45. The van der Waals surface area contributed by atoms with Crippen molar-refractivity contribution in [1.82, 2.24) is 0 Å². The molecule has 9 heavy (non-hydrogen) atoms. The fraction of sp³-hybridized carbons (Fsp3) is 0.500. The van der Waals surface area contributed by atoms with Crippen LogP contribution in [0.1, 0.15) is 25.7 Å². The first-order valence-corrected chi connectivity index (χ1v) is 3.42. The van der Waals surface area contributed by atoms with Gasteiger partial charge in [-0.05, 0) is 25.3 Å². The quantitative estimate of drug-likeness (QED) is 0.492. The van der Waals surface area contributed by atoms with Gasteiger partial charge in [-0.15, -0.1) is 0 Å². The second kappa shape index (κ2) is 3.33. The van der Waals surface area contributed by atoms with E-state index in [2.05, 4.69) is 12.2 Å². The lowest BCUT2D eigenvalue weighted by Gasteiger charge is -1.99. The molecule has 0 bridgehead atoms. The van der Waals surface area contributed by atoms with Crippen molar-refractivity contribution in [2.24, 2.45) is 0 Å². The Labute approximate surface area is 55.7 Å². The molecule has 0 aromatic heterocycles. The molecule has 1 aliphatic rings. The van der Waals surface area contributed by atoms with Gasteiger partial charge in [-0.3, -0.25) is 0 Å². The molecule has 1 rings (SSSR count). The summed E-state index contributed by atoms with van der Waals surface area (Å²) in [4.78, 5) is 0. The molecule has 0 saturated heterocycles. The smallest absolute Gasteiger partial charge is 0.0886 e. The molecule has 1 aliphatic carbocycles. The van der Waals surface area contributed by atoms with E-state index in [1.165, 1.54) is 0 Å². The summed E-state index contributed by atoms with van der Waals surface area (Å²) in [5.41, 5.74) is 0. The van der Waals surface area contributed by atoms with Crippen LogP contribution in [-0.2, 0) is 0 Å². The zero-order valence-corrected chi connectivity index (χ0v) is 5.51. The van der Waals surface area contributed by atoms with Crippen LogP contribution in [-0.4, -0.2) is 5.11 Å². The highest BCUT2D eigenvalue weighted by Gasteiger charge is 1.92. The number of aliphatic hydroxyl groups is 1. The number of hydrogen-bond acceptors (Lipinski definition) is 1. The van der Waals surface area contributed by atoms with E-state index in [0.717, 1.165) is 25.7 Å². The monoisotopic (exact) mass is 124 g/mol. The molecule has 0 atom stereocenters. The van der Waals surface area contributed by atoms with E-state index in [-0.39, 0.29) is 0 Å². The Hall–Kier alpha value is -0.720. The Morgan fingerprint density at radius 2 is 1.89 bits per heavy atom. The van der Waals surface area contributed by atoms with E-state index in [9.17, 15) is 0 Å². The fourth-order valence-electron chi connectivity index (χ4n) is 0.915. The third-order valence-electron chi connectivity index (χ3n) is 1.45. The molecule has 0 spiro atoms. The van der Waals surface area contributed by atoms with Crippen molar-refractivity contribution >= 4 is 0 Å². The first kappa shape index (κ1) is 6.40. The number of hydrogen-bond donors (Lipinski definition) is 1. The predicted octanol–water partition coefficient (Wildman–Crippen LogP) is 2.56. The average Bonchev–Trinajstić information content (AvgIpc) is 1.79. The highest BCUT2D eigenvalue weighted by molar-refractivity contribution is 4.98. The molecule has 1 heteroatoms. The number of rotatable bonds is 0. The molecule has 50 valence electrons. The second-order valence-electron chi connectivity index (χ2n) is 2.28. The SMILES string of the molecule is OC1=CCCC=CCC1. The fourth-order valence-corrected chi connectivity index (χ4v) is 0.915. The summed E-state index contributed by atoms with van der Waals surface area (Å²) in [6, 6.07) is 0. The Balaban J connectivity index is 2.41. The van der Waals surface area contributed by atoms with Crippen molar-refractivity contribution < 1.29 is 5.11 Å². The van der Waals surface area contributed by atoms with Crippen LogP contribution in [0.5, 0.6) is 0 Å². The van der Waals surface area contributed by atoms with Gasteiger partial charge in [0.15, 0.2) is 0 Å². The van der Waals surface area contributed by atoms with E-state index in [0.29, 0.717) is 5.76 Å². The molecule has 0 saturated carbocycles. The van der Waals surface area contributed by atoms with Crippen molar-refractivity contribution in [3.63, 3.8) is 0 Å². The summed E-state index contributed by atoms with van der Waals surface area (Å²) in [6.07, 6.45) is 10.1. The molecular weight excluding hydrogens is 112 g/mol. The molecule has 0 aromatic carbocycles. The average molecular weight is 124 g/mol. The maximum absolute atomic E-state index is 9.04. The summed E-state index contributed by atoms with van der Waals surface area (Å²) >= 11 is 0. The van der Waals surface area contributed by atoms with E-state index in [1.807, 2.05) is 6.08 Å². The van der Waals surface area contributed by atoms with Gasteiger partial charge in [0.25, 0.3) is 0 Å².